The van der Waals surface area contributed by atoms with Gasteiger partial charge in [-0.3, -0.25) is 9.69 Å². The van der Waals surface area contributed by atoms with Crippen LogP contribution in [0.15, 0.2) is 48.5 Å². The van der Waals surface area contributed by atoms with Crippen molar-refractivity contribution in [2.24, 2.45) is 0 Å². The van der Waals surface area contributed by atoms with E-state index in [-0.39, 0.29) is 19.1 Å². The Morgan fingerprint density at radius 2 is 1.75 bits per heavy atom. The van der Waals surface area contributed by atoms with Crippen molar-refractivity contribution in [2.45, 2.75) is 38.5 Å². The summed E-state index contributed by atoms with van der Waals surface area (Å²) >= 11 is 0. The number of carbonyl (C=O) groups is 2. The summed E-state index contributed by atoms with van der Waals surface area (Å²) in [6, 6.07) is 15.5. The maximum absolute atomic E-state index is 13.6. The molecule has 1 heterocycles. The molecule has 7 nitrogen and oxygen atoms in total. The molecule has 0 radical (unpaired) electrons. The first-order chi connectivity index (χ1) is 15.3. The standard InChI is InChI=1S/C25H33N3O4/c1-18-10-9-11-19(2)22(18)26-23(29)25(27(3)4)14-15-28(16-21(25)31-5)24(30)32-17-20-12-7-6-8-13-20/h6-13,21H,14-17H2,1-5H3,(H,26,29). The number of ether oxygens (including phenoxy) is 2. The number of nitrogens with zero attached hydrogens (tertiary/aromatic N) is 2. The zero-order chi connectivity index (χ0) is 23.3. The molecule has 1 aliphatic heterocycles. The summed E-state index contributed by atoms with van der Waals surface area (Å²) < 4.78 is 11.3. The largest absolute Gasteiger partial charge is 0.445 e. The van der Waals surface area contributed by atoms with Crippen molar-refractivity contribution in [3.05, 3.63) is 65.2 Å². The first-order valence-electron chi connectivity index (χ1n) is 10.8. The molecular weight excluding hydrogens is 406 g/mol. The van der Waals surface area contributed by atoms with Crippen LogP contribution in [-0.2, 0) is 20.9 Å². The number of anilines is 1. The predicted molar refractivity (Wildman–Crippen MR) is 125 cm³/mol. The summed E-state index contributed by atoms with van der Waals surface area (Å²) in [6.07, 6.45) is -0.492. The van der Waals surface area contributed by atoms with Crippen LogP contribution in [0.25, 0.3) is 0 Å². The van der Waals surface area contributed by atoms with Crippen molar-refractivity contribution in [2.75, 3.05) is 39.6 Å². The van der Waals surface area contributed by atoms with E-state index in [2.05, 4.69) is 5.32 Å². The van der Waals surface area contributed by atoms with Gasteiger partial charge in [0, 0.05) is 19.3 Å². The smallest absolute Gasteiger partial charge is 0.410 e. The van der Waals surface area contributed by atoms with E-state index in [1.165, 1.54) is 0 Å². The highest BCUT2D eigenvalue weighted by atomic mass is 16.6. The number of likely N-dealkylation sites (N-methyl/N-ethyl adjacent to an activating group) is 1. The Kier molecular flexibility index (Phi) is 7.53. The van der Waals surface area contributed by atoms with E-state index in [0.29, 0.717) is 13.0 Å². The number of benzene rings is 2. The van der Waals surface area contributed by atoms with Crippen LogP contribution in [0, 0.1) is 13.8 Å². The number of amides is 2. The van der Waals surface area contributed by atoms with Gasteiger partial charge in [0.2, 0.25) is 5.91 Å². The first kappa shape index (κ1) is 23.8. The van der Waals surface area contributed by atoms with Crippen molar-refractivity contribution >= 4 is 17.7 Å². The molecule has 3 rings (SSSR count). The van der Waals surface area contributed by atoms with Crippen molar-refractivity contribution in [1.82, 2.24) is 9.80 Å². The molecule has 1 fully saturated rings. The number of piperidine rings is 1. The second-order valence-corrected chi connectivity index (χ2v) is 8.50. The Hall–Kier alpha value is -2.90. The van der Waals surface area contributed by atoms with Gasteiger partial charge >= 0.3 is 6.09 Å². The first-order valence-corrected chi connectivity index (χ1v) is 10.8. The number of rotatable bonds is 6. The van der Waals surface area contributed by atoms with Crippen LogP contribution < -0.4 is 5.32 Å². The fourth-order valence-electron chi connectivity index (χ4n) is 4.36. The third-order valence-corrected chi connectivity index (χ3v) is 6.34. The van der Waals surface area contributed by atoms with Crippen LogP contribution in [0.4, 0.5) is 10.5 Å². The maximum Gasteiger partial charge on any atom is 0.410 e. The molecule has 1 aliphatic rings. The van der Waals surface area contributed by atoms with Crippen LogP contribution in [0.1, 0.15) is 23.1 Å². The lowest BCUT2D eigenvalue weighted by atomic mass is 9.82. The van der Waals surface area contributed by atoms with Crippen LogP contribution in [-0.4, -0.2) is 67.7 Å². The third-order valence-electron chi connectivity index (χ3n) is 6.34. The Morgan fingerprint density at radius 1 is 1.09 bits per heavy atom. The van der Waals surface area contributed by atoms with Gasteiger partial charge in [0.15, 0.2) is 0 Å². The molecule has 0 bridgehead atoms. The van der Waals surface area contributed by atoms with Gasteiger partial charge in [-0.2, -0.15) is 0 Å². The second-order valence-electron chi connectivity index (χ2n) is 8.50. The zero-order valence-corrected chi connectivity index (χ0v) is 19.6. The average Bonchev–Trinajstić information content (AvgIpc) is 2.79. The lowest BCUT2D eigenvalue weighted by Crippen LogP contribution is -2.68. The van der Waals surface area contributed by atoms with E-state index < -0.39 is 17.7 Å². The van der Waals surface area contributed by atoms with Crippen LogP contribution >= 0.6 is 0 Å². The number of aryl methyl sites for hydroxylation is 2. The molecule has 172 valence electrons. The summed E-state index contributed by atoms with van der Waals surface area (Å²) in [5.74, 6) is -0.135. The molecule has 2 unspecified atom stereocenters. The molecule has 2 atom stereocenters. The van der Waals surface area contributed by atoms with E-state index in [9.17, 15) is 9.59 Å². The molecule has 2 amide bonds. The van der Waals surface area contributed by atoms with Gasteiger partial charge in [0.05, 0.1) is 6.54 Å². The molecule has 0 saturated carbocycles. The summed E-state index contributed by atoms with van der Waals surface area (Å²) in [5, 5.41) is 3.13. The second kappa shape index (κ2) is 10.1. The van der Waals surface area contributed by atoms with E-state index in [1.54, 1.807) is 12.0 Å². The molecule has 1 N–H and O–H groups in total. The van der Waals surface area contributed by atoms with E-state index in [4.69, 9.17) is 9.47 Å². The summed E-state index contributed by atoms with van der Waals surface area (Å²) in [5.41, 5.74) is 2.83. The number of hydrogen-bond acceptors (Lipinski definition) is 5. The SMILES string of the molecule is COC1CN(C(=O)OCc2ccccc2)CCC1(C(=O)Nc1c(C)cccc1C)N(C)C. The Morgan fingerprint density at radius 3 is 2.34 bits per heavy atom. The highest BCUT2D eigenvalue weighted by Crippen LogP contribution is 2.32. The van der Waals surface area contributed by atoms with E-state index in [0.717, 1.165) is 22.4 Å². The molecule has 32 heavy (non-hydrogen) atoms. The number of methoxy groups -OCH3 is 1. The molecule has 1 saturated heterocycles. The molecule has 0 aliphatic carbocycles. The molecule has 0 aromatic heterocycles. The van der Waals surface area contributed by atoms with Gasteiger partial charge in [-0.25, -0.2) is 4.79 Å². The normalized spacial score (nSPS) is 20.8. The van der Waals surface area contributed by atoms with Gasteiger partial charge in [-0.15, -0.1) is 0 Å². The Bertz CT molecular complexity index is 927. The minimum atomic E-state index is -0.917. The Balaban J connectivity index is 1.75. The predicted octanol–water partition coefficient (Wildman–Crippen LogP) is 3.60. The van der Waals surface area contributed by atoms with Gasteiger partial charge in [-0.1, -0.05) is 48.5 Å². The fraction of sp³-hybridized carbons (Fsp3) is 0.440. The van der Waals surface area contributed by atoms with Gasteiger partial charge < -0.3 is 19.7 Å². The number of carbonyl (C=O) groups excluding carboxylic acids is 2. The van der Waals surface area contributed by atoms with Crippen molar-refractivity contribution < 1.29 is 19.1 Å². The number of nitrogens with one attached hydrogen (secondary N) is 1. The zero-order valence-electron chi connectivity index (χ0n) is 19.6. The monoisotopic (exact) mass is 439 g/mol. The fourth-order valence-corrected chi connectivity index (χ4v) is 4.36. The minimum absolute atomic E-state index is 0.135. The van der Waals surface area contributed by atoms with Crippen LogP contribution in [0.5, 0.6) is 0 Å². The highest BCUT2D eigenvalue weighted by Gasteiger charge is 2.52. The van der Waals surface area contributed by atoms with Gasteiger partial charge in [0.25, 0.3) is 0 Å². The van der Waals surface area contributed by atoms with Crippen LogP contribution in [0.2, 0.25) is 0 Å². The average molecular weight is 440 g/mol. The number of hydrogen-bond donors (Lipinski definition) is 1. The van der Waals surface area contributed by atoms with Crippen molar-refractivity contribution in [1.29, 1.82) is 0 Å². The quantitative estimate of drug-likeness (QED) is 0.745. The molecule has 2 aromatic rings. The topological polar surface area (TPSA) is 71.1 Å². The molecule has 0 spiro atoms. The summed E-state index contributed by atoms with van der Waals surface area (Å²) in [7, 11) is 5.33. The molecule has 2 aromatic carbocycles. The lowest BCUT2D eigenvalue weighted by Gasteiger charge is -2.49. The third kappa shape index (κ3) is 4.79. The van der Waals surface area contributed by atoms with Crippen LogP contribution in [0.3, 0.4) is 0 Å². The highest BCUT2D eigenvalue weighted by molar-refractivity contribution is 6.00. The van der Waals surface area contributed by atoms with E-state index in [1.807, 2.05) is 81.4 Å². The van der Waals surface area contributed by atoms with Gasteiger partial charge in [-0.05, 0) is 51.1 Å². The molecule has 7 heteroatoms. The number of likely N-dealkylation sites (tertiary alicyclic amines) is 1. The van der Waals surface area contributed by atoms with Crippen molar-refractivity contribution in [3.8, 4) is 0 Å². The minimum Gasteiger partial charge on any atom is -0.445 e. The van der Waals surface area contributed by atoms with Gasteiger partial charge in [0.1, 0.15) is 18.2 Å². The summed E-state index contributed by atoms with van der Waals surface area (Å²) in [4.78, 5) is 29.8. The maximum atomic E-state index is 13.6. The van der Waals surface area contributed by atoms with Crippen molar-refractivity contribution in [3.63, 3.8) is 0 Å². The lowest BCUT2D eigenvalue weighted by molar-refractivity contribution is -0.143. The van der Waals surface area contributed by atoms with E-state index >= 15 is 0 Å². The summed E-state index contributed by atoms with van der Waals surface area (Å²) in [6.45, 7) is 4.82. The Labute approximate surface area is 190 Å². The number of para-hydroxylation sites is 1. The molecular formula is C25H33N3O4.